The largest absolute Gasteiger partial charge is 0.478 e. The van der Waals surface area contributed by atoms with Gasteiger partial charge in [0.15, 0.2) is 0 Å². The van der Waals surface area contributed by atoms with Crippen LogP contribution in [0.25, 0.3) is 0 Å². The van der Waals surface area contributed by atoms with Crippen molar-refractivity contribution in [3.8, 4) is 0 Å². The van der Waals surface area contributed by atoms with Crippen LogP contribution in [0, 0.1) is 19.7 Å². The van der Waals surface area contributed by atoms with E-state index in [2.05, 4.69) is 0 Å². The van der Waals surface area contributed by atoms with Gasteiger partial charge in [-0.05, 0) is 43.7 Å². The molecule has 0 heterocycles. The van der Waals surface area contributed by atoms with Crippen LogP contribution in [0.4, 0.5) is 10.1 Å². The zero-order valence-electron chi connectivity index (χ0n) is 12.9. The highest BCUT2D eigenvalue weighted by Gasteiger charge is 2.24. The van der Waals surface area contributed by atoms with E-state index in [1.807, 2.05) is 13.0 Å². The third-order valence-electron chi connectivity index (χ3n) is 3.52. The molecular formula is C16H16FNO4S. The summed E-state index contributed by atoms with van der Waals surface area (Å²) < 4.78 is 39.8. The molecular weight excluding hydrogens is 321 g/mol. The molecule has 23 heavy (non-hydrogen) atoms. The molecule has 2 aromatic rings. The molecule has 0 bridgehead atoms. The minimum Gasteiger partial charge on any atom is -0.478 e. The maximum absolute atomic E-state index is 13.5. The van der Waals surface area contributed by atoms with Crippen LogP contribution >= 0.6 is 0 Å². The van der Waals surface area contributed by atoms with Crippen molar-refractivity contribution >= 4 is 21.7 Å². The van der Waals surface area contributed by atoms with Crippen LogP contribution in [0.2, 0.25) is 0 Å². The van der Waals surface area contributed by atoms with E-state index in [1.165, 1.54) is 7.05 Å². The predicted octanol–water partition coefficient (Wildman–Crippen LogP) is 2.97. The average molecular weight is 337 g/mol. The van der Waals surface area contributed by atoms with Crippen molar-refractivity contribution < 1.29 is 22.7 Å². The minimum absolute atomic E-state index is 0.279. The summed E-state index contributed by atoms with van der Waals surface area (Å²) in [6.07, 6.45) is 0. The lowest BCUT2D eigenvalue weighted by Crippen LogP contribution is -2.27. The lowest BCUT2D eigenvalue weighted by atomic mass is 10.1. The average Bonchev–Trinajstić information content (AvgIpc) is 2.46. The Morgan fingerprint density at radius 1 is 1.13 bits per heavy atom. The van der Waals surface area contributed by atoms with Gasteiger partial charge in [-0.15, -0.1) is 0 Å². The van der Waals surface area contributed by atoms with Gasteiger partial charge in [0.1, 0.15) is 5.82 Å². The number of carboxylic acids is 1. The van der Waals surface area contributed by atoms with Gasteiger partial charge in [-0.2, -0.15) is 0 Å². The van der Waals surface area contributed by atoms with E-state index in [0.29, 0.717) is 5.69 Å². The first-order valence-electron chi connectivity index (χ1n) is 6.73. The quantitative estimate of drug-likeness (QED) is 0.931. The van der Waals surface area contributed by atoms with Gasteiger partial charge in [-0.1, -0.05) is 17.7 Å². The summed E-state index contributed by atoms with van der Waals surface area (Å²) in [5.41, 5.74) is 1.54. The van der Waals surface area contributed by atoms with Crippen molar-refractivity contribution in [2.75, 3.05) is 11.4 Å². The Morgan fingerprint density at radius 2 is 1.78 bits per heavy atom. The van der Waals surface area contributed by atoms with Crippen LogP contribution in [-0.4, -0.2) is 26.5 Å². The molecule has 0 aliphatic carbocycles. The SMILES string of the molecule is Cc1ccc(N(C)S(=O)(=O)c2ccc(F)c(C(=O)O)c2)c(C)c1. The number of rotatable bonds is 4. The third-order valence-corrected chi connectivity index (χ3v) is 5.29. The summed E-state index contributed by atoms with van der Waals surface area (Å²) >= 11 is 0. The van der Waals surface area contributed by atoms with Crippen LogP contribution in [0.3, 0.4) is 0 Å². The van der Waals surface area contributed by atoms with Gasteiger partial charge < -0.3 is 5.11 Å². The van der Waals surface area contributed by atoms with Crippen molar-refractivity contribution in [2.24, 2.45) is 0 Å². The van der Waals surface area contributed by atoms with Crippen LogP contribution in [0.15, 0.2) is 41.3 Å². The first kappa shape index (κ1) is 17.0. The second kappa shape index (κ2) is 6.00. The van der Waals surface area contributed by atoms with E-state index in [0.717, 1.165) is 33.6 Å². The molecule has 0 saturated carbocycles. The number of carboxylic acid groups (broad SMARTS) is 1. The Hall–Kier alpha value is -2.41. The summed E-state index contributed by atoms with van der Waals surface area (Å²) in [4.78, 5) is 10.7. The fourth-order valence-electron chi connectivity index (χ4n) is 2.28. The highest BCUT2D eigenvalue weighted by molar-refractivity contribution is 7.92. The van der Waals surface area contributed by atoms with Crippen LogP contribution in [0.1, 0.15) is 21.5 Å². The maximum Gasteiger partial charge on any atom is 0.338 e. The van der Waals surface area contributed by atoms with E-state index >= 15 is 0 Å². The topological polar surface area (TPSA) is 74.7 Å². The summed E-state index contributed by atoms with van der Waals surface area (Å²) in [6.45, 7) is 3.67. The summed E-state index contributed by atoms with van der Waals surface area (Å²) in [5.74, 6) is -2.50. The Bertz CT molecular complexity index is 878. The fourth-order valence-corrected chi connectivity index (χ4v) is 3.56. The van der Waals surface area contributed by atoms with Crippen molar-refractivity contribution in [3.05, 3.63) is 58.9 Å². The van der Waals surface area contributed by atoms with Gasteiger partial charge in [0.2, 0.25) is 0 Å². The smallest absolute Gasteiger partial charge is 0.338 e. The number of aryl methyl sites for hydroxylation is 2. The normalized spacial score (nSPS) is 11.3. The number of anilines is 1. The zero-order valence-corrected chi connectivity index (χ0v) is 13.7. The molecule has 0 atom stereocenters. The molecule has 0 aliphatic heterocycles. The van der Waals surface area contributed by atoms with Crippen molar-refractivity contribution in [1.29, 1.82) is 0 Å². The van der Waals surface area contributed by atoms with Crippen LogP contribution in [0.5, 0.6) is 0 Å². The molecule has 0 amide bonds. The molecule has 0 unspecified atom stereocenters. The Labute approximate surface area is 134 Å². The minimum atomic E-state index is -4.00. The molecule has 5 nitrogen and oxygen atoms in total. The van der Waals surface area contributed by atoms with Crippen LogP contribution in [-0.2, 0) is 10.0 Å². The van der Waals surface area contributed by atoms with Crippen molar-refractivity contribution in [2.45, 2.75) is 18.7 Å². The Morgan fingerprint density at radius 3 is 2.35 bits per heavy atom. The molecule has 0 saturated heterocycles. The number of hydrogen-bond donors (Lipinski definition) is 1. The molecule has 0 radical (unpaired) electrons. The van der Waals surface area contributed by atoms with Crippen molar-refractivity contribution in [3.63, 3.8) is 0 Å². The molecule has 0 spiro atoms. The number of sulfonamides is 1. The lowest BCUT2D eigenvalue weighted by Gasteiger charge is -2.22. The highest BCUT2D eigenvalue weighted by Crippen LogP contribution is 2.27. The standard InChI is InChI=1S/C16H16FNO4S/c1-10-4-7-15(11(2)8-10)18(3)23(21,22)12-5-6-14(17)13(9-12)16(19)20/h4-9H,1-3H3,(H,19,20). The molecule has 122 valence electrons. The molecule has 7 heteroatoms. The monoisotopic (exact) mass is 337 g/mol. The van der Waals surface area contributed by atoms with Gasteiger partial charge in [0.05, 0.1) is 16.1 Å². The van der Waals surface area contributed by atoms with Gasteiger partial charge in [-0.25, -0.2) is 17.6 Å². The van der Waals surface area contributed by atoms with Crippen molar-refractivity contribution in [1.82, 2.24) is 0 Å². The molecule has 2 rings (SSSR count). The Balaban J connectivity index is 2.53. The summed E-state index contributed by atoms with van der Waals surface area (Å²) in [5, 5.41) is 8.94. The maximum atomic E-state index is 13.5. The van der Waals surface area contributed by atoms with Gasteiger partial charge in [0.25, 0.3) is 10.0 Å². The first-order chi connectivity index (χ1) is 10.6. The number of aromatic carboxylic acids is 1. The second-order valence-electron chi connectivity index (χ2n) is 5.21. The predicted molar refractivity (Wildman–Crippen MR) is 84.9 cm³/mol. The van der Waals surface area contributed by atoms with Gasteiger partial charge >= 0.3 is 5.97 Å². The molecule has 0 aromatic heterocycles. The van der Waals surface area contributed by atoms with Crippen LogP contribution < -0.4 is 4.31 Å². The summed E-state index contributed by atoms with van der Waals surface area (Å²) in [6, 6.07) is 8.01. The second-order valence-corrected chi connectivity index (χ2v) is 7.18. The van der Waals surface area contributed by atoms with E-state index in [9.17, 15) is 17.6 Å². The number of halogens is 1. The van der Waals surface area contributed by atoms with E-state index < -0.39 is 27.4 Å². The lowest BCUT2D eigenvalue weighted by molar-refractivity contribution is 0.0691. The molecule has 0 fully saturated rings. The molecule has 0 aliphatic rings. The number of nitrogens with zero attached hydrogens (tertiary/aromatic N) is 1. The van der Waals surface area contributed by atoms with E-state index in [-0.39, 0.29) is 4.90 Å². The van der Waals surface area contributed by atoms with E-state index in [4.69, 9.17) is 5.11 Å². The van der Waals surface area contributed by atoms with E-state index in [1.54, 1.807) is 19.1 Å². The number of benzene rings is 2. The third kappa shape index (κ3) is 3.19. The number of hydrogen-bond acceptors (Lipinski definition) is 3. The molecule has 2 aromatic carbocycles. The molecule has 1 N–H and O–H groups in total. The zero-order chi connectivity index (χ0) is 17.4. The van der Waals surface area contributed by atoms with Gasteiger partial charge in [0, 0.05) is 7.05 Å². The Kier molecular flexibility index (Phi) is 4.42. The fraction of sp³-hybridized carbons (Fsp3) is 0.188. The van der Waals surface area contributed by atoms with Gasteiger partial charge in [-0.3, -0.25) is 4.31 Å². The summed E-state index contributed by atoms with van der Waals surface area (Å²) in [7, 11) is -2.63. The number of carbonyl (C=O) groups is 1. The first-order valence-corrected chi connectivity index (χ1v) is 8.17. The highest BCUT2D eigenvalue weighted by atomic mass is 32.2.